The molecule has 22 heavy (non-hydrogen) atoms. The number of hydrogen-bond acceptors (Lipinski definition) is 5. The molecule has 0 aliphatic carbocycles. The summed E-state index contributed by atoms with van der Waals surface area (Å²) < 4.78 is 2.00. The number of aryl methyl sites for hydroxylation is 2. The van der Waals surface area contributed by atoms with Crippen molar-refractivity contribution in [1.29, 1.82) is 0 Å². The molecule has 0 aliphatic heterocycles. The van der Waals surface area contributed by atoms with Crippen LogP contribution >= 0.6 is 11.3 Å². The number of thiazole rings is 1. The highest BCUT2D eigenvalue weighted by Gasteiger charge is 2.09. The molecule has 2 aromatic rings. The number of nitrogens with zero attached hydrogens (tertiary/aromatic N) is 6. The molecule has 0 aliphatic rings. The monoisotopic (exact) mass is 321 g/mol. The third-order valence-electron chi connectivity index (χ3n) is 3.17. The molecule has 0 spiro atoms. The van der Waals surface area contributed by atoms with Crippen molar-refractivity contribution in [2.24, 2.45) is 4.99 Å². The van der Waals surface area contributed by atoms with Crippen LogP contribution in [0.1, 0.15) is 30.4 Å². The van der Waals surface area contributed by atoms with Crippen molar-refractivity contribution in [2.75, 3.05) is 13.6 Å². The zero-order valence-electron chi connectivity index (χ0n) is 13.6. The van der Waals surface area contributed by atoms with Gasteiger partial charge in [0.15, 0.2) is 11.8 Å². The Kier molecular flexibility index (Phi) is 5.88. The summed E-state index contributed by atoms with van der Waals surface area (Å²) in [4.78, 5) is 11.2. The molecule has 8 heteroatoms. The molecule has 120 valence electrons. The van der Waals surface area contributed by atoms with Crippen molar-refractivity contribution in [3.05, 3.63) is 28.2 Å². The highest BCUT2D eigenvalue weighted by molar-refractivity contribution is 7.09. The summed E-state index contributed by atoms with van der Waals surface area (Å²) >= 11 is 1.67. The first-order valence-electron chi connectivity index (χ1n) is 7.41. The Morgan fingerprint density at radius 3 is 2.91 bits per heavy atom. The Bertz CT molecular complexity index is 616. The van der Waals surface area contributed by atoms with Crippen molar-refractivity contribution in [3.8, 4) is 0 Å². The highest BCUT2D eigenvalue weighted by Crippen LogP contribution is 2.10. The van der Waals surface area contributed by atoms with Gasteiger partial charge in [-0.05, 0) is 20.8 Å². The van der Waals surface area contributed by atoms with E-state index in [0.29, 0.717) is 6.54 Å². The molecule has 1 N–H and O–H groups in total. The Balaban J connectivity index is 2.05. The van der Waals surface area contributed by atoms with E-state index in [0.717, 1.165) is 42.1 Å². The third-order valence-corrected chi connectivity index (χ3v) is 3.99. The summed E-state index contributed by atoms with van der Waals surface area (Å²) in [7, 11) is 2.01. The van der Waals surface area contributed by atoms with E-state index >= 15 is 0 Å². The summed E-state index contributed by atoms with van der Waals surface area (Å²) in [6.45, 7) is 9.06. The molecular formula is C14H23N7S. The molecule has 0 unspecified atom stereocenters. The van der Waals surface area contributed by atoms with Crippen molar-refractivity contribution in [2.45, 2.75) is 40.4 Å². The Labute approximate surface area is 135 Å². The molecule has 0 atom stereocenters. The average Bonchev–Trinajstić information content (AvgIpc) is 3.11. The number of hydrogen-bond donors (Lipinski definition) is 1. The standard InChI is InChI=1S/C14H23N7S/c1-5-15-14(16-7-13-19-17-10-21(13)6-2)20(4)8-12-9-22-11(3)18-12/h9-10H,5-8H2,1-4H3,(H,15,16). The Morgan fingerprint density at radius 1 is 1.45 bits per heavy atom. The highest BCUT2D eigenvalue weighted by atomic mass is 32.1. The number of guanidine groups is 1. The van der Waals surface area contributed by atoms with Crippen LogP contribution in [-0.2, 0) is 19.6 Å². The SMILES string of the molecule is CCNC(=NCc1nncn1CC)N(C)Cc1csc(C)n1. The molecule has 0 radical (unpaired) electrons. The maximum Gasteiger partial charge on any atom is 0.194 e. The molecule has 2 rings (SSSR count). The van der Waals surface area contributed by atoms with Crippen molar-refractivity contribution in [3.63, 3.8) is 0 Å². The van der Waals surface area contributed by atoms with Crippen LogP contribution in [-0.4, -0.2) is 44.2 Å². The van der Waals surface area contributed by atoms with Crippen LogP contribution in [0.15, 0.2) is 16.7 Å². The zero-order valence-corrected chi connectivity index (χ0v) is 14.4. The maximum absolute atomic E-state index is 4.65. The molecule has 0 saturated carbocycles. The number of aromatic nitrogens is 4. The Hall–Kier alpha value is -1.96. The summed E-state index contributed by atoms with van der Waals surface area (Å²) in [5.74, 6) is 1.72. The normalized spacial score (nSPS) is 11.7. The molecule has 0 saturated heterocycles. The van der Waals surface area contributed by atoms with Gasteiger partial charge in [0.25, 0.3) is 0 Å². The molecule has 0 amide bonds. The van der Waals surface area contributed by atoms with Gasteiger partial charge < -0.3 is 14.8 Å². The van der Waals surface area contributed by atoms with Crippen molar-refractivity contribution in [1.82, 2.24) is 30.0 Å². The topological polar surface area (TPSA) is 71.2 Å². The lowest BCUT2D eigenvalue weighted by Crippen LogP contribution is -2.38. The fraction of sp³-hybridized carbons (Fsp3) is 0.571. The van der Waals surface area contributed by atoms with E-state index in [1.165, 1.54) is 0 Å². The second-order valence-corrected chi connectivity index (χ2v) is 5.98. The quantitative estimate of drug-likeness (QED) is 0.647. The third kappa shape index (κ3) is 4.27. The van der Waals surface area contributed by atoms with E-state index in [4.69, 9.17) is 0 Å². The second kappa shape index (κ2) is 7.88. The lowest BCUT2D eigenvalue weighted by molar-refractivity contribution is 0.470. The van der Waals surface area contributed by atoms with Crippen LogP contribution < -0.4 is 5.32 Å². The van der Waals surface area contributed by atoms with Crippen LogP contribution in [0, 0.1) is 6.92 Å². The lowest BCUT2D eigenvalue weighted by atomic mass is 10.4. The van der Waals surface area contributed by atoms with E-state index in [1.54, 1.807) is 17.7 Å². The predicted octanol–water partition coefficient (Wildman–Crippen LogP) is 1.66. The van der Waals surface area contributed by atoms with E-state index in [1.807, 2.05) is 18.5 Å². The van der Waals surface area contributed by atoms with Gasteiger partial charge in [-0.2, -0.15) is 0 Å². The van der Waals surface area contributed by atoms with Gasteiger partial charge in [-0.25, -0.2) is 9.98 Å². The minimum absolute atomic E-state index is 0.511. The van der Waals surface area contributed by atoms with Crippen LogP contribution in [0.3, 0.4) is 0 Å². The Morgan fingerprint density at radius 2 is 2.27 bits per heavy atom. The van der Waals surface area contributed by atoms with Gasteiger partial charge >= 0.3 is 0 Å². The molecule has 0 bridgehead atoms. The van der Waals surface area contributed by atoms with Crippen LogP contribution in [0.25, 0.3) is 0 Å². The van der Waals surface area contributed by atoms with Gasteiger partial charge in [0.2, 0.25) is 0 Å². The first kappa shape index (κ1) is 16.4. The fourth-order valence-corrected chi connectivity index (χ4v) is 2.68. The van der Waals surface area contributed by atoms with E-state index in [-0.39, 0.29) is 0 Å². The van der Waals surface area contributed by atoms with Crippen molar-refractivity contribution >= 4 is 17.3 Å². The van der Waals surface area contributed by atoms with E-state index < -0.39 is 0 Å². The smallest absolute Gasteiger partial charge is 0.194 e. The second-order valence-electron chi connectivity index (χ2n) is 4.92. The molecule has 7 nitrogen and oxygen atoms in total. The number of aliphatic imine (C=N–C) groups is 1. The van der Waals surface area contributed by atoms with E-state index in [2.05, 4.69) is 49.6 Å². The molecule has 0 fully saturated rings. The van der Waals surface area contributed by atoms with Crippen molar-refractivity contribution < 1.29 is 0 Å². The fourth-order valence-electron chi connectivity index (χ4n) is 2.08. The van der Waals surface area contributed by atoms with Gasteiger partial charge in [-0.15, -0.1) is 21.5 Å². The van der Waals surface area contributed by atoms with Gasteiger partial charge in [0.1, 0.15) is 12.9 Å². The van der Waals surface area contributed by atoms with Gasteiger partial charge in [0.05, 0.1) is 17.2 Å². The summed E-state index contributed by atoms with van der Waals surface area (Å²) in [5.41, 5.74) is 1.06. The molecule has 2 aromatic heterocycles. The summed E-state index contributed by atoms with van der Waals surface area (Å²) in [6, 6.07) is 0. The van der Waals surface area contributed by atoms with Gasteiger partial charge in [-0.3, -0.25) is 0 Å². The minimum Gasteiger partial charge on any atom is -0.357 e. The average molecular weight is 321 g/mol. The number of rotatable bonds is 6. The zero-order chi connectivity index (χ0) is 15.9. The first-order valence-corrected chi connectivity index (χ1v) is 8.29. The first-order chi connectivity index (χ1) is 10.6. The summed E-state index contributed by atoms with van der Waals surface area (Å²) in [5, 5.41) is 14.5. The number of nitrogens with one attached hydrogen (secondary N) is 1. The van der Waals surface area contributed by atoms with Gasteiger partial charge in [0, 0.05) is 25.5 Å². The predicted molar refractivity (Wildman–Crippen MR) is 88.8 cm³/mol. The van der Waals surface area contributed by atoms with Crippen LogP contribution in [0.5, 0.6) is 0 Å². The molecule has 2 heterocycles. The molecule has 0 aromatic carbocycles. The van der Waals surface area contributed by atoms with Crippen LogP contribution in [0.2, 0.25) is 0 Å². The van der Waals surface area contributed by atoms with Crippen LogP contribution in [0.4, 0.5) is 0 Å². The largest absolute Gasteiger partial charge is 0.357 e. The lowest BCUT2D eigenvalue weighted by Gasteiger charge is -2.21. The summed E-state index contributed by atoms with van der Waals surface area (Å²) in [6.07, 6.45) is 1.74. The molecular weight excluding hydrogens is 298 g/mol. The minimum atomic E-state index is 0.511. The van der Waals surface area contributed by atoms with E-state index in [9.17, 15) is 0 Å². The van der Waals surface area contributed by atoms with Gasteiger partial charge in [-0.1, -0.05) is 0 Å². The maximum atomic E-state index is 4.65.